The van der Waals surface area contributed by atoms with Crippen molar-refractivity contribution in [3.05, 3.63) is 40.5 Å². The number of para-hydroxylation sites is 1. The number of hydrogen-bond acceptors (Lipinski definition) is 4. The number of aromatic nitrogens is 2. The predicted octanol–water partition coefficient (Wildman–Crippen LogP) is 4.74. The van der Waals surface area contributed by atoms with E-state index in [1.165, 1.54) is 0 Å². The molecule has 0 spiro atoms. The van der Waals surface area contributed by atoms with Crippen molar-refractivity contribution < 1.29 is 0 Å². The molecule has 0 amide bonds. The topological polar surface area (TPSA) is 49.8 Å². The van der Waals surface area contributed by atoms with Gasteiger partial charge in [0.1, 0.15) is 5.82 Å². The Hall–Kier alpha value is -1.52. The highest BCUT2D eigenvalue weighted by Gasteiger charge is 2.07. The first-order valence-electron chi connectivity index (χ1n) is 6.48. The molecule has 0 saturated carbocycles. The van der Waals surface area contributed by atoms with Crippen molar-refractivity contribution in [1.29, 1.82) is 0 Å². The lowest BCUT2D eigenvalue weighted by molar-refractivity contribution is 0.830. The first kappa shape index (κ1) is 14.9. The number of rotatable bonds is 6. The first-order valence-corrected chi connectivity index (χ1v) is 7.24. The van der Waals surface area contributed by atoms with Crippen molar-refractivity contribution in [2.75, 3.05) is 17.2 Å². The molecule has 0 bridgehead atoms. The molecule has 6 heteroatoms. The van der Waals surface area contributed by atoms with E-state index in [0.717, 1.165) is 25.2 Å². The molecule has 2 N–H and O–H groups in total. The Balaban J connectivity index is 2.11. The van der Waals surface area contributed by atoms with Crippen molar-refractivity contribution in [3.63, 3.8) is 0 Å². The van der Waals surface area contributed by atoms with Crippen molar-refractivity contribution >= 4 is 40.7 Å². The minimum absolute atomic E-state index is 0.460. The van der Waals surface area contributed by atoms with Gasteiger partial charge < -0.3 is 10.6 Å². The molecule has 2 rings (SSSR count). The van der Waals surface area contributed by atoms with Gasteiger partial charge in [0.15, 0.2) is 0 Å². The summed E-state index contributed by atoms with van der Waals surface area (Å²) in [7, 11) is 0. The maximum absolute atomic E-state index is 6.10. The summed E-state index contributed by atoms with van der Waals surface area (Å²) in [6, 6.07) is 7.15. The highest BCUT2D eigenvalue weighted by molar-refractivity contribution is 6.39. The van der Waals surface area contributed by atoms with Crippen LogP contribution in [0.25, 0.3) is 0 Å². The molecular formula is C14H16Cl2N4. The smallest absolute Gasteiger partial charge is 0.229 e. The zero-order valence-corrected chi connectivity index (χ0v) is 12.7. The average molecular weight is 311 g/mol. The number of anilines is 3. The lowest BCUT2D eigenvalue weighted by Gasteiger charge is -2.10. The molecule has 4 nitrogen and oxygen atoms in total. The maximum Gasteiger partial charge on any atom is 0.229 e. The van der Waals surface area contributed by atoms with Crippen LogP contribution in [0.3, 0.4) is 0 Å². The summed E-state index contributed by atoms with van der Waals surface area (Å²) in [6.07, 6.45) is 3.93. The van der Waals surface area contributed by atoms with Crippen LogP contribution >= 0.6 is 23.2 Å². The first-order chi connectivity index (χ1) is 9.70. The molecule has 20 heavy (non-hydrogen) atoms. The summed E-state index contributed by atoms with van der Waals surface area (Å²) < 4.78 is 0. The second-order valence-electron chi connectivity index (χ2n) is 4.27. The van der Waals surface area contributed by atoms with Crippen molar-refractivity contribution in [3.8, 4) is 0 Å². The normalized spacial score (nSPS) is 10.3. The highest BCUT2D eigenvalue weighted by atomic mass is 35.5. The lowest BCUT2D eigenvalue weighted by Crippen LogP contribution is -2.05. The second kappa shape index (κ2) is 7.31. The van der Waals surface area contributed by atoms with E-state index in [9.17, 15) is 0 Å². The van der Waals surface area contributed by atoms with Crippen LogP contribution in [-0.2, 0) is 0 Å². The van der Waals surface area contributed by atoms with Crippen LogP contribution < -0.4 is 10.6 Å². The molecule has 2 aromatic rings. The van der Waals surface area contributed by atoms with Gasteiger partial charge in [-0.3, -0.25) is 0 Å². The number of nitrogens with one attached hydrogen (secondary N) is 2. The van der Waals surface area contributed by atoms with Gasteiger partial charge in [-0.15, -0.1) is 0 Å². The molecule has 0 saturated heterocycles. The fourth-order valence-corrected chi connectivity index (χ4v) is 2.13. The third-order valence-corrected chi connectivity index (χ3v) is 3.32. The number of halogens is 2. The third-order valence-electron chi connectivity index (χ3n) is 2.69. The van der Waals surface area contributed by atoms with Crippen LogP contribution in [0.15, 0.2) is 30.5 Å². The number of benzene rings is 1. The fraction of sp³-hybridized carbons (Fsp3) is 0.286. The van der Waals surface area contributed by atoms with Gasteiger partial charge in [-0.2, -0.15) is 4.98 Å². The van der Waals surface area contributed by atoms with E-state index in [4.69, 9.17) is 23.2 Å². The molecule has 0 unspecified atom stereocenters. The van der Waals surface area contributed by atoms with Gasteiger partial charge in [-0.25, -0.2) is 4.98 Å². The predicted molar refractivity (Wildman–Crippen MR) is 85.2 cm³/mol. The van der Waals surface area contributed by atoms with Crippen molar-refractivity contribution in [2.24, 2.45) is 0 Å². The number of hydrogen-bond donors (Lipinski definition) is 2. The summed E-state index contributed by atoms with van der Waals surface area (Å²) in [6.45, 7) is 3.04. The van der Waals surface area contributed by atoms with Crippen molar-refractivity contribution in [2.45, 2.75) is 19.8 Å². The molecule has 0 aliphatic rings. The van der Waals surface area contributed by atoms with Crippen LogP contribution in [0.2, 0.25) is 10.0 Å². The zero-order valence-electron chi connectivity index (χ0n) is 11.2. The van der Waals surface area contributed by atoms with Crippen molar-refractivity contribution in [1.82, 2.24) is 9.97 Å². The van der Waals surface area contributed by atoms with Gasteiger partial charge in [0.05, 0.1) is 15.7 Å². The molecule has 1 heterocycles. The van der Waals surface area contributed by atoms with Crippen LogP contribution in [0.4, 0.5) is 17.5 Å². The van der Waals surface area contributed by atoms with Gasteiger partial charge in [-0.1, -0.05) is 42.6 Å². The summed E-state index contributed by atoms with van der Waals surface area (Å²) in [5.41, 5.74) is 0.613. The van der Waals surface area contributed by atoms with Crippen LogP contribution in [0, 0.1) is 0 Å². The molecule has 1 aromatic heterocycles. The maximum atomic E-state index is 6.10. The Morgan fingerprint density at radius 3 is 2.60 bits per heavy atom. The molecular weight excluding hydrogens is 295 g/mol. The van der Waals surface area contributed by atoms with Crippen LogP contribution in [0.5, 0.6) is 0 Å². The summed E-state index contributed by atoms with van der Waals surface area (Å²) in [5, 5.41) is 7.35. The minimum atomic E-state index is 0.460. The minimum Gasteiger partial charge on any atom is -0.370 e. The van der Waals surface area contributed by atoms with E-state index in [2.05, 4.69) is 27.5 Å². The van der Waals surface area contributed by atoms with E-state index in [0.29, 0.717) is 21.7 Å². The third kappa shape index (κ3) is 3.99. The van der Waals surface area contributed by atoms with Crippen LogP contribution in [0.1, 0.15) is 19.8 Å². The van der Waals surface area contributed by atoms with E-state index in [-0.39, 0.29) is 0 Å². The molecule has 106 valence electrons. The molecule has 0 atom stereocenters. The van der Waals surface area contributed by atoms with E-state index in [1.807, 2.05) is 6.07 Å². The average Bonchev–Trinajstić information content (AvgIpc) is 2.44. The fourth-order valence-electron chi connectivity index (χ4n) is 1.64. The number of nitrogens with zero attached hydrogens (tertiary/aromatic N) is 2. The van der Waals surface area contributed by atoms with Gasteiger partial charge in [0.2, 0.25) is 5.95 Å². The summed E-state index contributed by atoms with van der Waals surface area (Å²) in [4.78, 5) is 8.54. The summed E-state index contributed by atoms with van der Waals surface area (Å²) in [5.74, 6) is 1.24. The zero-order chi connectivity index (χ0) is 14.4. The largest absolute Gasteiger partial charge is 0.370 e. The van der Waals surface area contributed by atoms with Gasteiger partial charge in [0.25, 0.3) is 0 Å². The summed E-state index contributed by atoms with van der Waals surface area (Å²) >= 11 is 12.2. The monoisotopic (exact) mass is 310 g/mol. The Morgan fingerprint density at radius 2 is 1.90 bits per heavy atom. The van der Waals surface area contributed by atoms with Gasteiger partial charge in [-0.05, 0) is 24.6 Å². The molecule has 0 fully saturated rings. The quantitative estimate of drug-likeness (QED) is 0.757. The van der Waals surface area contributed by atoms with Gasteiger partial charge in [0, 0.05) is 12.7 Å². The van der Waals surface area contributed by atoms with E-state index in [1.54, 1.807) is 24.4 Å². The van der Waals surface area contributed by atoms with E-state index < -0.39 is 0 Å². The Kier molecular flexibility index (Phi) is 5.44. The molecule has 0 aliphatic carbocycles. The lowest BCUT2D eigenvalue weighted by atomic mass is 10.3. The molecule has 1 aromatic carbocycles. The Morgan fingerprint density at radius 1 is 1.15 bits per heavy atom. The standard InChI is InChI=1S/C14H16Cl2N4/c1-2-3-8-17-12-7-9-18-14(19-12)20-13-10(15)5-4-6-11(13)16/h4-7,9H,2-3,8H2,1H3,(H2,17,18,19,20). The molecule has 0 radical (unpaired) electrons. The second-order valence-corrected chi connectivity index (χ2v) is 5.08. The Labute approximate surface area is 128 Å². The van der Waals surface area contributed by atoms with E-state index >= 15 is 0 Å². The van der Waals surface area contributed by atoms with Crippen LogP contribution in [-0.4, -0.2) is 16.5 Å². The highest BCUT2D eigenvalue weighted by Crippen LogP contribution is 2.31. The van der Waals surface area contributed by atoms with Gasteiger partial charge >= 0.3 is 0 Å². The molecule has 0 aliphatic heterocycles. The SMILES string of the molecule is CCCCNc1ccnc(Nc2c(Cl)cccc2Cl)n1. The number of unbranched alkanes of at least 4 members (excludes halogenated alkanes) is 1. The Bertz CT molecular complexity index is 555.